The van der Waals surface area contributed by atoms with Gasteiger partial charge in [-0.05, 0) is 31.9 Å². The molecule has 4 heteroatoms. The van der Waals surface area contributed by atoms with E-state index in [9.17, 15) is 4.79 Å². The Bertz CT molecular complexity index is 903. The van der Waals surface area contributed by atoms with Gasteiger partial charge >= 0.3 is 5.97 Å². The average Bonchev–Trinajstić information content (AvgIpc) is 3.39. The highest BCUT2D eigenvalue weighted by atomic mass is 127. The molecule has 0 spiro atoms. The van der Waals surface area contributed by atoms with Crippen LogP contribution in [-0.2, 0) is 11.3 Å². The molecule has 1 aliphatic rings. The van der Waals surface area contributed by atoms with E-state index >= 15 is 0 Å². The molecule has 0 N–H and O–H groups in total. The Hall–Kier alpha value is -1.69. The number of hydrogen-bond acceptors (Lipinski definition) is 2. The number of hydrogen-bond donors (Lipinski definition) is 0. The Morgan fingerprint density at radius 1 is 1.04 bits per heavy atom. The van der Waals surface area contributed by atoms with Gasteiger partial charge in [-0.1, -0.05) is 30.3 Å². The molecule has 1 aromatic heterocycles. The average molecular weight is 433 g/mol. The van der Waals surface area contributed by atoms with E-state index in [4.69, 9.17) is 4.74 Å². The van der Waals surface area contributed by atoms with E-state index in [2.05, 4.69) is 28.8 Å². The Labute approximate surface area is 158 Å². The molecule has 4 rings (SSSR count). The number of benzene rings is 2. The lowest BCUT2D eigenvalue weighted by Crippen LogP contribution is -3.00. The summed E-state index contributed by atoms with van der Waals surface area (Å²) in [6.45, 7) is 3.13. The Morgan fingerprint density at radius 2 is 1.67 bits per heavy atom. The van der Waals surface area contributed by atoms with Crippen LogP contribution in [0.2, 0.25) is 0 Å². The summed E-state index contributed by atoms with van der Waals surface area (Å²) in [4.78, 5) is 12.7. The molecule has 3 aromatic rings. The molecule has 1 heterocycles. The van der Waals surface area contributed by atoms with Gasteiger partial charge in [0, 0.05) is 17.4 Å². The predicted octanol–water partition coefficient (Wildman–Crippen LogP) is 0.871. The minimum Gasteiger partial charge on any atom is -1.00 e. The molecule has 124 valence electrons. The normalized spacial score (nSPS) is 13.7. The molecular weight excluding hydrogens is 413 g/mol. The fourth-order valence-electron chi connectivity index (χ4n) is 3.29. The molecule has 2 aromatic carbocycles. The third-order valence-electron chi connectivity index (χ3n) is 4.54. The molecule has 0 bridgehead atoms. The number of para-hydroxylation sites is 1. The van der Waals surface area contributed by atoms with Crippen LogP contribution in [0.1, 0.15) is 30.3 Å². The zero-order valence-electron chi connectivity index (χ0n) is 13.7. The van der Waals surface area contributed by atoms with E-state index < -0.39 is 0 Å². The SMILES string of the molecule is CCOC(=O)c1c2ccccc2c2ccccc2[n+]1CC1CC1.[I-]. The van der Waals surface area contributed by atoms with Crippen molar-refractivity contribution in [3.05, 3.63) is 54.2 Å². The number of fused-ring (bicyclic) bond motifs is 3. The van der Waals surface area contributed by atoms with Crippen molar-refractivity contribution in [2.45, 2.75) is 26.3 Å². The predicted molar refractivity (Wildman–Crippen MR) is 90.3 cm³/mol. The summed E-state index contributed by atoms with van der Waals surface area (Å²) >= 11 is 0. The maximum atomic E-state index is 12.7. The Morgan fingerprint density at radius 3 is 2.33 bits per heavy atom. The summed E-state index contributed by atoms with van der Waals surface area (Å²) < 4.78 is 7.54. The number of rotatable bonds is 4. The van der Waals surface area contributed by atoms with Crippen LogP contribution in [0, 0.1) is 5.92 Å². The molecule has 0 radical (unpaired) electrons. The van der Waals surface area contributed by atoms with E-state index in [1.807, 2.05) is 31.2 Å². The van der Waals surface area contributed by atoms with Gasteiger partial charge < -0.3 is 28.7 Å². The van der Waals surface area contributed by atoms with Gasteiger partial charge in [0.1, 0.15) is 0 Å². The van der Waals surface area contributed by atoms with Crippen molar-refractivity contribution in [1.29, 1.82) is 0 Å². The van der Waals surface area contributed by atoms with Gasteiger partial charge in [-0.15, -0.1) is 0 Å². The molecule has 24 heavy (non-hydrogen) atoms. The van der Waals surface area contributed by atoms with E-state index in [-0.39, 0.29) is 29.9 Å². The number of ether oxygens (including phenoxy) is 1. The number of halogens is 1. The van der Waals surface area contributed by atoms with Crippen LogP contribution in [0.3, 0.4) is 0 Å². The number of carbonyl (C=O) groups is 1. The standard InChI is InChI=1S/C20H20NO2.HI/c1-2-23-20(22)19-17-9-4-3-7-15(17)16-8-5-6-10-18(16)21(19)13-14-11-12-14;/h3-10,14H,2,11-13H2,1H3;1H/q+1;/p-1. The van der Waals surface area contributed by atoms with Gasteiger partial charge in [0.25, 0.3) is 5.69 Å². The molecule has 0 saturated heterocycles. The third-order valence-corrected chi connectivity index (χ3v) is 4.54. The van der Waals surface area contributed by atoms with E-state index in [0.29, 0.717) is 18.2 Å². The number of pyridine rings is 1. The zero-order chi connectivity index (χ0) is 15.8. The summed E-state index contributed by atoms with van der Waals surface area (Å²) in [5.74, 6) is 0.452. The monoisotopic (exact) mass is 433 g/mol. The molecule has 0 unspecified atom stereocenters. The van der Waals surface area contributed by atoms with Crippen molar-refractivity contribution >= 4 is 27.6 Å². The lowest BCUT2D eigenvalue weighted by Gasteiger charge is -2.10. The van der Waals surface area contributed by atoms with Crippen molar-refractivity contribution in [2.75, 3.05) is 6.61 Å². The second kappa shape index (κ2) is 7.05. The molecule has 1 aliphatic carbocycles. The van der Waals surface area contributed by atoms with Crippen LogP contribution >= 0.6 is 0 Å². The summed E-state index contributed by atoms with van der Waals surface area (Å²) in [7, 11) is 0. The first kappa shape index (κ1) is 17.1. The van der Waals surface area contributed by atoms with Crippen molar-refractivity contribution in [2.24, 2.45) is 5.92 Å². The molecule has 0 atom stereocenters. The fraction of sp³-hybridized carbons (Fsp3) is 0.300. The van der Waals surface area contributed by atoms with Crippen LogP contribution < -0.4 is 28.5 Å². The lowest BCUT2D eigenvalue weighted by molar-refractivity contribution is -0.675. The highest BCUT2D eigenvalue weighted by molar-refractivity contribution is 6.11. The maximum absolute atomic E-state index is 12.7. The van der Waals surface area contributed by atoms with E-state index in [1.165, 1.54) is 18.2 Å². The van der Waals surface area contributed by atoms with Crippen LogP contribution in [-0.4, -0.2) is 12.6 Å². The van der Waals surface area contributed by atoms with Crippen molar-refractivity contribution in [1.82, 2.24) is 0 Å². The van der Waals surface area contributed by atoms with Gasteiger partial charge in [-0.25, -0.2) is 4.79 Å². The van der Waals surface area contributed by atoms with Gasteiger partial charge in [0.15, 0.2) is 6.54 Å². The van der Waals surface area contributed by atoms with Gasteiger partial charge in [-0.2, -0.15) is 4.57 Å². The van der Waals surface area contributed by atoms with Gasteiger partial charge in [-0.3, -0.25) is 0 Å². The third kappa shape index (κ3) is 2.99. The first-order valence-corrected chi connectivity index (χ1v) is 8.30. The minimum absolute atomic E-state index is 0. The molecule has 0 aliphatic heterocycles. The molecule has 1 saturated carbocycles. The largest absolute Gasteiger partial charge is 1.00 e. The quantitative estimate of drug-likeness (QED) is 0.265. The van der Waals surface area contributed by atoms with Crippen molar-refractivity contribution in [3.8, 4) is 0 Å². The second-order valence-electron chi connectivity index (χ2n) is 6.19. The van der Waals surface area contributed by atoms with Gasteiger partial charge in [0.2, 0.25) is 5.52 Å². The zero-order valence-corrected chi connectivity index (χ0v) is 15.8. The summed E-state index contributed by atoms with van der Waals surface area (Å²) in [5, 5.41) is 3.28. The first-order chi connectivity index (χ1) is 11.3. The molecule has 1 fully saturated rings. The second-order valence-corrected chi connectivity index (χ2v) is 6.19. The molecule has 0 amide bonds. The summed E-state index contributed by atoms with van der Waals surface area (Å²) in [6, 6.07) is 16.5. The lowest BCUT2D eigenvalue weighted by atomic mass is 10.0. The van der Waals surface area contributed by atoms with E-state index in [1.54, 1.807) is 0 Å². The Balaban J connectivity index is 0.00000169. The number of esters is 1. The fourth-order valence-corrected chi connectivity index (χ4v) is 3.29. The van der Waals surface area contributed by atoms with Crippen LogP contribution in [0.5, 0.6) is 0 Å². The number of nitrogens with zero attached hydrogens (tertiary/aromatic N) is 1. The Kier molecular flexibility index (Phi) is 5.04. The molecule has 3 nitrogen and oxygen atoms in total. The number of aromatic nitrogens is 1. The number of carbonyl (C=O) groups excluding carboxylic acids is 1. The summed E-state index contributed by atoms with van der Waals surface area (Å²) in [6.07, 6.45) is 2.49. The maximum Gasteiger partial charge on any atom is 0.404 e. The van der Waals surface area contributed by atoms with Crippen LogP contribution in [0.15, 0.2) is 48.5 Å². The summed E-state index contributed by atoms with van der Waals surface area (Å²) in [5.41, 5.74) is 1.80. The smallest absolute Gasteiger partial charge is 0.404 e. The first-order valence-electron chi connectivity index (χ1n) is 8.30. The van der Waals surface area contributed by atoms with Crippen molar-refractivity contribution < 1.29 is 38.1 Å². The molecular formula is C20H20INO2. The van der Waals surface area contributed by atoms with Crippen LogP contribution in [0.25, 0.3) is 21.7 Å². The highest BCUT2D eigenvalue weighted by Crippen LogP contribution is 2.31. The van der Waals surface area contributed by atoms with Crippen molar-refractivity contribution in [3.63, 3.8) is 0 Å². The van der Waals surface area contributed by atoms with Gasteiger partial charge in [0.05, 0.1) is 17.4 Å². The topological polar surface area (TPSA) is 30.2 Å². The van der Waals surface area contributed by atoms with E-state index in [0.717, 1.165) is 22.8 Å². The van der Waals surface area contributed by atoms with Crippen LogP contribution in [0.4, 0.5) is 0 Å². The highest BCUT2D eigenvalue weighted by Gasteiger charge is 2.33. The minimum atomic E-state index is -0.227.